The van der Waals surface area contributed by atoms with Crippen LogP contribution in [0.2, 0.25) is 0 Å². The van der Waals surface area contributed by atoms with Gasteiger partial charge in [-0.1, -0.05) is 0 Å². The second-order valence-electron chi connectivity index (χ2n) is 3.58. The number of nitrogen functional groups attached to an aromatic ring is 1. The summed E-state index contributed by atoms with van der Waals surface area (Å²) in [7, 11) is 1.73. The molecule has 0 amide bonds. The standard InChI is InChI=1S/C11H14N6S/c1-15-11-8(10(14)16-5-17-11)9(13)7-3-2-6(4-12)18-7/h2-3,5,13H,4,12H2,1H3,(H3,14,15,16,17). The maximum Gasteiger partial charge on any atom is 0.140 e. The maximum atomic E-state index is 8.21. The van der Waals surface area contributed by atoms with Crippen molar-refractivity contribution in [3.8, 4) is 0 Å². The number of hydrogen-bond acceptors (Lipinski definition) is 7. The summed E-state index contributed by atoms with van der Waals surface area (Å²) in [6.45, 7) is 0.470. The zero-order chi connectivity index (χ0) is 13.1. The van der Waals surface area contributed by atoms with E-state index in [2.05, 4.69) is 15.3 Å². The van der Waals surface area contributed by atoms with E-state index in [1.165, 1.54) is 17.7 Å². The van der Waals surface area contributed by atoms with Gasteiger partial charge in [-0.25, -0.2) is 9.97 Å². The van der Waals surface area contributed by atoms with Gasteiger partial charge < -0.3 is 16.8 Å². The zero-order valence-corrected chi connectivity index (χ0v) is 10.7. The Hall–Kier alpha value is -1.99. The minimum absolute atomic E-state index is 0.294. The summed E-state index contributed by atoms with van der Waals surface area (Å²) < 4.78 is 0. The fraction of sp³-hybridized carbons (Fsp3) is 0.182. The highest BCUT2D eigenvalue weighted by atomic mass is 32.1. The Bertz CT molecular complexity index is 577. The van der Waals surface area contributed by atoms with Crippen molar-refractivity contribution in [1.82, 2.24) is 9.97 Å². The van der Waals surface area contributed by atoms with E-state index in [0.29, 0.717) is 29.5 Å². The topological polar surface area (TPSA) is 114 Å². The van der Waals surface area contributed by atoms with Crippen LogP contribution in [0.1, 0.15) is 15.3 Å². The van der Waals surface area contributed by atoms with Gasteiger partial charge in [-0.05, 0) is 12.1 Å². The Morgan fingerprint density at radius 1 is 1.44 bits per heavy atom. The molecule has 0 aliphatic rings. The molecule has 0 saturated heterocycles. The molecule has 0 saturated carbocycles. The first-order valence-corrected chi connectivity index (χ1v) is 6.15. The fourth-order valence-corrected chi connectivity index (χ4v) is 2.42. The van der Waals surface area contributed by atoms with Gasteiger partial charge in [0.15, 0.2) is 0 Å². The van der Waals surface area contributed by atoms with Crippen LogP contribution in [0.25, 0.3) is 0 Å². The first-order valence-electron chi connectivity index (χ1n) is 5.33. The lowest BCUT2D eigenvalue weighted by molar-refractivity contribution is 1.11. The summed E-state index contributed by atoms with van der Waals surface area (Å²) in [5, 5.41) is 11.1. The van der Waals surface area contributed by atoms with E-state index in [4.69, 9.17) is 16.9 Å². The lowest BCUT2D eigenvalue weighted by Gasteiger charge is -2.09. The van der Waals surface area contributed by atoms with Gasteiger partial charge in [0.1, 0.15) is 18.0 Å². The SMILES string of the molecule is CNc1ncnc(N)c1C(=N)c1ccc(CN)s1. The number of aromatic nitrogens is 2. The van der Waals surface area contributed by atoms with E-state index in [1.807, 2.05) is 12.1 Å². The number of thiophene rings is 1. The Morgan fingerprint density at radius 2 is 2.22 bits per heavy atom. The van der Waals surface area contributed by atoms with Crippen molar-refractivity contribution in [3.63, 3.8) is 0 Å². The molecule has 18 heavy (non-hydrogen) atoms. The van der Waals surface area contributed by atoms with Crippen molar-refractivity contribution in [2.24, 2.45) is 5.73 Å². The van der Waals surface area contributed by atoms with Crippen LogP contribution in [-0.4, -0.2) is 22.7 Å². The van der Waals surface area contributed by atoms with Crippen molar-refractivity contribution in [2.45, 2.75) is 6.54 Å². The van der Waals surface area contributed by atoms with E-state index >= 15 is 0 Å². The van der Waals surface area contributed by atoms with Crippen molar-refractivity contribution < 1.29 is 0 Å². The van der Waals surface area contributed by atoms with Gasteiger partial charge >= 0.3 is 0 Å². The largest absolute Gasteiger partial charge is 0.383 e. The van der Waals surface area contributed by atoms with Crippen LogP contribution in [0.5, 0.6) is 0 Å². The van der Waals surface area contributed by atoms with Gasteiger partial charge in [0.05, 0.1) is 16.2 Å². The summed E-state index contributed by atoms with van der Waals surface area (Å²) in [6, 6.07) is 3.77. The molecule has 0 bridgehead atoms. The first kappa shape index (κ1) is 12.5. The molecule has 7 heteroatoms. The highest BCUT2D eigenvalue weighted by Gasteiger charge is 2.16. The van der Waals surface area contributed by atoms with Crippen molar-refractivity contribution >= 4 is 28.7 Å². The first-order chi connectivity index (χ1) is 8.67. The van der Waals surface area contributed by atoms with Gasteiger partial charge in [-0.2, -0.15) is 0 Å². The summed E-state index contributed by atoms with van der Waals surface area (Å²) in [5.41, 5.74) is 12.2. The Kier molecular flexibility index (Phi) is 3.54. The number of anilines is 2. The minimum atomic E-state index is 0.294. The van der Waals surface area contributed by atoms with E-state index in [0.717, 1.165) is 9.75 Å². The van der Waals surface area contributed by atoms with Crippen LogP contribution >= 0.6 is 11.3 Å². The molecule has 6 nitrogen and oxygen atoms in total. The fourth-order valence-electron chi connectivity index (χ4n) is 1.58. The molecule has 0 aliphatic heterocycles. The molecule has 0 atom stereocenters. The minimum Gasteiger partial charge on any atom is -0.383 e. The van der Waals surface area contributed by atoms with Gasteiger partial charge in [-0.15, -0.1) is 11.3 Å². The summed E-state index contributed by atoms with van der Waals surface area (Å²) in [6.07, 6.45) is 1.37. The van der Waals surface area contributed by atoms with E-state index < -0.39 is 0 Å². The third-order valence-electron chi connectivity index (χ3n) is 2.47. The average molecular weight is 262 g/mol. The smallest absolute Gasteiger partial charge is 0.140 e. The summed E-state index contributed by atoms with van der Waals surface area (Å²) >= 11 is 1.48. The molecule has 0 unspecified atom stereocenters. The molecule has 0 aromatic carbocycles. The number of rotatable bonds is 4. The monoisotopic (exact) mass is 262 g/mol. The number of nitrogens with one attached hydrogen (secondary N) is 2. The Labute approximate surface area is 109 Å². The molecule has 2 rings (SSSR count). The molecule has 6 N–H and O–H groups in total. The average Bonchev–Trinajstić information content (AvgIpc) is 2.86. The van der Waals surface area contributed by atoms with Crippen LogP contribution in [0, 0.1) is 5.41 Å². The molecule has 0 fully saturated rings. The number of nitrogens with two attached hydrogens (primary N) is 2. The van der Waals surface area contributed by atoms with E-state index in [1.54, 1.807) is 7.05 Å². The van der Waals surface area contributed by atoms with Crippen molar-refractivity contribution in [2.75, 3.05) is 18.1 Å². The van der Waals surface area contributed by atoms with Crippen LogP contribution in [0.4, 0.5) is 11.6 Å². The Morgan fingerprint density at radius 3 is 2.83 bits per heavy atom. The molecule has 94 valence electrons. The van der Waals surface area contributed by atoms with Crippen molar-refractivity contribution in [3.05, 3.63) is 33.8 Å². The molecular formula is C11H14N6S. The number of hydrogen-bond donors (Lipinski definition) is 4. The molecular weight excluding hydrogens is 248 g/mol. The normalized spacial score (nSPS) is 10.3. The van der Waals surface area contributed by atoms with Crippen LogP contribution < -0.4 is 16.8 Å². The number of nitrogens with zero attached hydrogens (tertiary/aromatic N) is 2. The van der Waals surface area contributed by atoms with Crippen LogP contribution in [0.15, 0.2) is 18.5 Å². The zero-order valence-electron chi connectivity index (χ0n) is 9.90. The van der Waals surface area contributed by atoms with Gasteiger partial charge in [0.25, 0.3) is 0 Å². The quantitative estimate of drug-likeness (QED) is 0.615. The van der Waals surface area contributed by atoms with E-state index in [-0.39, 0.29) is 0 Å². The molecule has 2 aromatic heterocycles. The predicted molar refractivity (Wildman–Crippen MR) is 74.1 cm³/mol. The molecule has 2 heterocycles. The van der Waals surface area contributed by atoms with Crippen LogP contribution in [0.3, 0.4) is 0 Å². The lowest BCUT2D eigenvalue weighted by atomic mass is 10.1. The van der Waals surface area contributed by atoms with Crippen molar-refractivity contribution in [1.29, 1.82) is 5.41 Å². The lowest BCUT2D eigenvalue weighted by Crippen LogP contribution is -2.11. The predicted octanol–water partition coefficient (Wildman–Crippen LogP) is 1.04. The highest BCUT2D eigenvalue weighted by Crippen LogP contribution is 2.25. The summed E-state index contributed by atoms with van der Waals surface area (Å²) in [5.74, 6) is 0.845. The summed E-state index contributed by atoms with van der Waals surface area (Å²) in [4.78, 5) is 9.82. The Balaban J connectivity index is 2.45. The van der Waals surface area contributed by atoms with Gasteiger partial charge in [-0.3, -0.25) is 5.41 Å². The third kappa shape index (κ3) is 2.18. The van der Waals surface area contributed by atoms with Gasteiger partial charge in [0, 0.05) is 18.5 Å². The molecule has 0 spiro atoms. The molecule has 0 radical (unpaired) electrons. The second kappa shape index (κ2) is 5.11. The van der Waals surface area contributed by atoms with E-state index in [9.17, 15) is 0 Å². The third-order valence-corrected chi connectivity index (χ3v) is 3.60. The molecule has 0 aliphatic carbocycles. The van der Waals surface area contributed by atoms with Gasteiger partial charge in [0.2, 0.25) is 0 Å². The van der Waals surface area contributed by atoms with Crippen LogP contribution in [-0.2, 0) is 6.54 Å². The molecule has 2 aromatic rings. The maximum absolute atomic E-state index is 8.21. The second-order valence-corrected chi connectivity index (χ2v) is 4.75. The highest BCUT2D eigenvalue weighted by molar-refractivity contribution is 7.14.